The lowest BCUT2D eigenvalue weighted by molar-refractivity contribution is -0.384. The van der Waals surface area contributed by atoms with Gasteiger partial charge in [-0.3, -0.25) is 24.5 Å². The number of benzene rings is 3. The number of ether oxygens (including phenoxy) is 3. The van der Waals surface area contributed by atoms with Crippen LogP contribution in [0.3, 0.4) is 0 Å². The first-order valence-electron chi connectivity index (χ1n) is 17.1. The zero-order valence-electron chi connectivity index (χ0n) is 29.7. The largest absolute Gasteiger partial charge is 0.493 e. The zero-order valence-corrected chi connectivity index (χ0v) is 30.5. The quantitative estimate of drug-likeness (QED) is 0.0611. The molecule has 2 fully saturated rings. The van der Waals surface area contributed by atoms with Gasteiger partial charge in [-0.2, -0.15) is 0 Å². The molecule has 0 N–H and O–H groups in total. The Morgan fingerprint density at radius 3 is 2.38 bits per heavy atom. The van der Waals surface area contributed by atoms with Gasteiger partial charge in [0.05, 0.1) is 42.0 Å². The Balaban J connectivity index is 1.30. The van der Waals surface area contributed by atoms with Crippen molar-refractivity contribution in [3.63, 3.8) is 0 Å². The van der Waals surface area contributed by atoms with Crippen LogP contribution in [0.1, 0.15) is 70.0 Å². The van der Waals surface area contributed by atoms with Crippen LogP contribution in [-0.4, -0.2) is 49.0 Å². The summed E-state index contributed by atoms with van der Waals surface area (Å²) in [5.74, 6) is -3.06. The van der Waals surface area contributed by atoms with Gasteiger partial charge in [-0.25, -0.2) is 19.6 Å². The minimum Gasteiger partial charge on any atom is -0.493 e. The van der Waals surface area contributed by atoms with Crippen LogP contribution >= 0.6 is 11.3 Å². The monoisotopic (exact) mass is 739 g/mol. The van der Waals surface area contributed by atoms with E-state index in [-0.39, 0.29) is 38.9 Å². The molecule has 4 atom stereocenters. The summed E-state index contributed by atoms with van der Waals surface area (Å²) in [5.41, 5.74) is 1.79. The molecule has 7 rings (SSSR count). The highest BCUT2D eigenvalue weighted by atomic mass is 32.1. The number of esters is 2. The lowest BCUT2D eigenvalue weighted by Gasteiger charge is -2.33. The van der Waals surface area contributed by atoms with Crippen molar-refractivity contribution in [3.05, 3.63) is 110 Å². The summed E-state index contributed by atoms with van der Waals surface area (Å²) in [6.07, 6.45) is 0.797. The molecule has 0 saturated carbocycles. The standard InChI is InChI=1S/C39H37N3O10S/c1-39(2,3)23-15-16-26-29(19-23)53-36(30(26)38(46)50-5)40-34(43)31-32(41(52-33(31)35(40)44)24-12-9-13-25(20-24)42(47)48)22-14-17-27(28(18-22)49-4)51-37(45)21-10-7-6-8-11-21/h6-14,17-18,20,23,31-33H,15-16,19H2,1-5H3/t23-,31+,32+,33+/m0/s1. The molecule has 3 aliphatic rings. The minimum atomic E-state index is -1.33. The second-order valence-corrected chi connectivity index (χ2v) is 15.3. The average Bonchev–Trinajstić information content (AvgIpc) is 3.80. The third-order valence-electron chi connectivity index (χ3n) is 10.2. The molecular weight excluding hydrogens is 703 g/mol. The average molecular weight is 740 g/mol. The highest BCUT2D eigenvalue weighted by Crippen LogP contribution is 2.52. The first kappa shape index (κ1) is 35.8. The summed E-state index contributed by atoms with van der Waals surface area (Å²) in [6, 6.07) is 17.8. The number of carbonyl (C=O) groups is 4. The number of nitro benzene ring substituents is 1. The van der Waals surface area contributed by atoms with E-state index in [2.05, 4.69) is 20.8 Å². The Labute approximate surface area is 309 Å². The van der Waals surface area contributed by atoms with Gasteiger partial charge in [0.15, 0.2) is 17.6 Å². The van der Waals surface area contributed by atoms with E-state index in [9.17, 15) is 29.3 Å². The van der Waals surface area contributed by atoms with E-state index >= 15 is 0 Å². The summed E-state index contributed by atoms with van der Waals surface area (Å²) in [7, 11) is 2.66. The highest BCUT2D eigenvalue weighted by Gasteiger charge is 2.61. The van der Waals surface area contributed by atoms with Crippen molar-refractivity contribution in [1.29, 1.82) is 0 Å². The summed E-state index contributed by atoms with van der Waals surface area (Å²) in [4.78, 5) is 74.8. The number of methoxy groups -OCH3 is 2. The van der Waals surface area contributed by atoms with Gasteiger partial charge in [-0.05, 0) is 72.1 Å². The molecule has 1 aliphatic carbocycles. The van der Waals surface area contributed by atoms with E-state index in [0.29, 0.717) is 29.9 Å². The molecule has 4 aromatic rings. The van der Waals surface area contributed by atoms with E-state index < -0.39 is 46.7 Å². The van der Waals surface area contributed by atoms with E-state index in [0.717, 1.165) is 21.8 Å². The molecule has 274 valence electrons. The van der Waals surface area contributed by atoms with Crippen molar-refractivity contribution in [2.24, 2.45) is 17.3 Å². The van der Waals surface area contributed by atoms with Crippen molar-refractivity contribution >= 4 is 51.5 Å². The van der Waals surface area contributed by atoms with Crippen molar-refractivity contribution < 1.29 is 43.1 Å². The molecule has 53 heavy (non-hydrogen) atoms. The Kier molecular flexibility index (Phi) is 9.28. The molecule has 0 radical (unpaired) electrons. The number of nitro groups is 1. The van der Waals surface area contributed by atoms with Gasteiger partial charge in [0.1, 0.15) is 10.9 Å². The Bertz CT molecular complexity index is 2140. The molecule has 2 saturated heterocycles. The van der Waals surface area contributed by atoms with Crippen molar-refractivity contribution in [3.8, 4) is 11.5 Å². The van der Waals surface area contributed by atoms with Crippen LogP contribution in [-0.2, 0) is 32.0 Å². The fourth-order valence-electron chi connectivity index (χ4n) is 7.39. The van der Waals surface area contributed by atoms with Crippen LogP contribution in [0.15, 0.2) is 72.8 Å². The molecule has 0 bridgehead atoms. The number of rotatable bonds is 8. The van der Waals surface area contributed by atoms with Crippen LogP contribution in [0.25, 0.3) is 0 Å². The number of hydrogen-bond acceptors (Lipinski definition) is 12. The third kappa shape index (κ3) is 6.31. The van der Waals surface area contributed by atoms with Gasteiger partial charge < -0.3 is 14.2 Å². The zero-order chi connectivity index (χ0) is 37.8. The number of imide groups is 1. The van der Waals surface area contributed by atoms with Crippen LogP contribution in [0, 0.1) is 27.4 Å². The van der Waals surface area contributed by atoms with Crippen molar-refractivity contribution in [2.75, 3.05) is 24.2 Å². The SMILES string of the molecule is COC(=O)c1c(N2C(=O)[C@@H]3[C@@H](c4ccc(OC(=O)c5ccccc5)c(OC)c4)N(c4cccc([N+](=O)[O-])c4)O[C@H]3C2=O)sc2c1CC[C@H](C(C)(C)C)C2. The Morgan fingerprint density at radius 1 is 0.943 bits per heavy atom. The molecule has 3 aromatic carbocycles. The number of carbonyl (C=O) groups excluding carboxylic acids is 4. The van der Waals surface area contributed by atoms with Gasteiger partial charge in [-0.1, -0.05) is 51.1 Å². The summed E-state index contributed by atoms with van der Waals surface area (Å²) < 4.78 is 16.5. The highest BCUT2D eigenvalue weighted by molar-refractivity contribution is 7.17. The maximum atomic E-state index is 14.7. The lowest BCUT2D eigenvalue weighted by Crippen LogP contribution is -2.37. The molecule has 2 aliphatic heterocycles. The van der Waals surface area contributed by atoms with E-state index in [1.165, 1.54) is 54.9 Å². The van der Waals surface area contributed by atoms with Gasteiger partial charge in [0.2, 0.25) is 5.91 Å². The normalized spacial score (nSPS) is 20.9. The second kappa shape index (κ2) is 13.7. The summed E-state index contributed by atoms with van der Waals surface area (Å²) >= 11 is 1.25. The molecule has 0 unspecified atom stereocenters. The van der Waals surface area contributed by atoms with Crippen LogP contribution in [0.4, 0.5) is 16.4 Å². The Hall–Kier alpha value is -5.60. The molecule has 2 amide bonds. The first-order valence-corrected chi connectivity index (χ1v) is 17.9. The lowest BCUT2D eigenvalue weighted by atomic mass is 9.72. The van der Waals surface area contributed by atoms with Crippen LogP contribution in [0.2, 0.25) is 0 Å². The van der Waals surface area contributed by atoms with Crippen molar-refractivity contribution in [2.45, 2.75) is 52.2 Å². The molecule has 0 spiro atoms. The van der Waals surface area contributed by atoms with Gasteiger partial charge in [-0.15, -0.1) is 11.3 Å². The first-order chi connectivity index (χ1) is 25.3. The maximum Gasteiger partial charge on any atom is 0.343 e. The van der Waals surface area contributed by atoms with Crippen LogP contribution < -0.4 is 19.4 Å². The predicted molar refractivity (Wildman–Crippen MR) is 194 cm³/mol. The fraction of sp³-hybridized carbons (Fsp3) is 0.333. The van der Waals surface area contributed by atoms with Crippen LogP contribution in [0.5, 0.6) is 11.5 Å². The number of amides is 2. The van der Waals surface area contributed by atoms with E-state index in [4.69, 9.17) is 19.0 Å². The number of hydrogen-bond donors (Lipinski definition) is 0. The number of nitrogens with zero attached hydrogens (tertiary/aromatic N) is 3. The number of thiophene rings is 1. The van der Waals surface area contributed by atoms with Gasteiger partial charge >= 0.3 is 11.9 Å². The van der Waals surface area contributed by atoms with E-state index in [1.54, 1.807) is 48.5 Å². The number of non-ortho nitro benzene ring substituents is 1. The van der Waals surface area contributed by atoms with Gasteiger partial charge in [0.25, 0.3) is 11.6 Å². The Morgan fingerprint density at radius 2 is 1.70 bits per heavy atom. The molecular formula is C39H37N3O10S. The van der Waals surface area contributed by atoms with Gasteiger partial charge in [0, 0.05) is 17.0 Å². The molecule has 1 aromatic heterocycles. The predicted octanol–water partition coefficient (Wildman–Crippen LogP) is 6.87. The van der Waals surface area contributed by atoms with E-state index in [1.807, 2.05) is 0 Å². The minimum absolute atomic E-state index is 0.0110. The fourth-order valence-corrected chi connectivity index (χ4v) is 8.81. The molecule has 14 heteroatoms. The second-order valence-electron chi connectivity index (χ2n) is 14.3. The summed E-state index contributed by atoms with van der Waals surface area (Å²) in [5, 5.41) is 13.3. The summed E-state index contributed by atoms with van der Waals surface area (Å²) in [6.45, 7) is 6.52. The van der Waals surface area contributed by atoms with Crippen molar-refractivity contribution in [1.82, 2.24) is 0 Å². The number of hydroxylamine groups is 1. The topological polar surface area (TPSA) is 155 Å². The molecule has 3 heterocycles. The third-order valence-corrected chi connectivity index (χ3v) is 11.5. The number of anilines is 2. The molecule has 13 nitrogen and oxygen atoms in total. The maximum absolute atomic E-state index is 14.7. The smallest absolute Gasteiger partial charge is 0.343 e. The number of fused-ring (bicyclic) bond motifs is 2.